The molecule has 7 aromatic carbocycles. The first kappa shape index (κ1) is 31.3. The summed E-state index contributed by atoms with van der Waals surface area (Å²) in [6.45, 7) is 0. The fraction of sp³-hybridized carbons (Fsp3) is 0.0192. The summed E-state index contributed by atoms with van der Waals surface area (Å²) in [6, 6.07) is 67.7. The Bertz CT molecular complexity index is 2850. The summed E-state index contributed by atoms with van der Waals surface area (Å²) in [6.07, 6.45) is 3.65. The number of fused-ring (bicyclic) bond motifs is 10. The van der Waals surface area contributed by atoms with E-state index in [-0.39, 0.29) is 5.41 Å². The summed E-state index contributed by atoms with van der Waals surface area (Å²) in [5.41, 5.74) is 19.8. The lowest BCUT2D eigenvalue weighted by Crippen LogP contribution is -2.25. The molecule has 0 N–H and O–H groups in total. The molecule has 256 valence electrons. The van der Waals surface area contributed by atoms with Gasteiger partial charge < -0.3 is 0 Å². The van der Waals surface area contributed by atoms with Crippen molar-refractivity contribution in [3.63, 3.8) is 0 Å². The first-order valence-electron chi connectivity index (χ1n) is 18.8. The average molecular weight is 700 g/mol. The molecule has 2 heterocycles. The van der Waals surface area contributed by atoms with Crippen LogP contribution in [0.4, 0.5) is 0 Å². The SMILES string of the molecule is c1ccc(-c2nc(-c3ccc(-c4ccncc4)cc3)cc(-c3ccc(-c4ccc5c(c4)-c4ccccc4C54c5ccccc5-c5ccccc54)cc3)n2)cc1. The number of nitrogens with zero attached hydrogens (tertiary/aromatic N) is 3. The standard InChI is InChI=1S/C52H33N3/c1-2-10-39(11-3-1)51-54-49(37-22-18-34(19-23-37)36-28-30-53-31-29-36)33-50(55-51)38-24-20-35(21-25-38)40-26-27-48-44(32-40)43-14-6-9-17-47(43)52(48)45-15-7-4-12-41(45)42-13-5-8-16-46(42)52/h1-33H. The lowest BCUT2D eigenvalue weighted by molar-refractivity contribution is 0.794. The van der Waals surface area contributed by atoms with Gasteiger partial charge in [0.15, 0.2) is 5.82 Å². The third-order valence-electron chi connectivity index (χ3n) is 11.5. The number of aromatic nitrogens is 3. The van der Waals surface area contributed by atoms with Crippen LogP contribution in [0.2, 0.25) is 0 Å². The van der Waals surface area contributed by atoms with Gasteiger partial charge in [-0.2, -0.15) is 0 Å². The molecule has 1 spiro atoms. The molecule has 9 aromatic rings. The number of pyridine rings is 1. The van der Waals surface area contributed by atoms with E-state index in [1.165, 1.54) is 55.6 Å². The Morgan fingerprint density at radius 1 is 0.291 bits per heavy atom. The Kier molecular flexibility index (Phi) is 7.08. The molecule has 0 bridgehead atoms. The molecule has 11 rings (SSSR count). The Morgan fingerprint density at radius 3 is 1.27 bits per heavy atom. The minimum absolute atomic E-state index is 0.331. The van der Waals surface area contributed by atoms with Crippen molar-refractivity contribution in [2.75, 3.05) is 0 Å². The van der Waals surface area contributed by atoms with Crippen molar-refractivity contribution >= 4 is 0 Å². The predicted octanol–water partition coefficient (Wildman–Crippen LogP) is 12.6. The van der Waals surface area contributed by atoms with Crippen molar-refractivity contribution in [3.05, 3.63) is 223 Å². The Labute approximate surface area is 320 Å². The third kappa shape index (κ3) is 4.87. The minimum atomic E-state index is -0.331. The van der Waals surface area contributed by atoms with E-state index in [9.17, 15) is 0 Å². The van der Waals surface area contributed by atoms with E-state index >= 15 is 0 Å². The highest BCUT2D eigenvalue weighted by molar-refractivity contribution is 5.96. The smallest absolute Gasteiger partial charge is 0.160 e. The molecule has 0 aliphatic heterocycles. The number of rotatable bonds is 5. The normalized spacial score (nSPS) is 12.9. The average Bonchev–Trinajstić information content (AvgIpc) is 3.74. The van der Waals surface area contributed by atoms with Crippen LogP contribution in [0.1, 0.15) is 22.3 Å². The minimum Gasteiger partial charge on any atom is -0.265 e. The molecule has 0 saturated carbocycles. The quantitative estimate of drug-likeness (QED) is 0.179. The van der Waals surface area contributed by atoms with Gasteiger partial charge in [-0.15, -0.1) is 0 Å². The van der Waals surface area contributed by atoms with Gasteiger partial charge in [0, 0.05) is 29.1 Å². The topological polar surface area (TPSA) is 38.7 Å². The van der Waals surface area contributed by atoms with Crippen molar-refractivity contribution in [2.24, 2.45) is 0 Å². The zero-order valence-electron chi connectivity index (χ0n) is 29.9. The lowest BCUT2D eigenvalue weighted by Gasteiger charge is -2.30. The molecule has 0 atom stereocenters. The van der Waals surface area contributed by atoms with Crippen LogP contribution in [0.5, 0.6) is 0 Å². The van der Waals surface area contributed by atoms with Gasteiger partial charge in [0.05, 0.1) is 16.8 Å². The fourth-order valence-corrected chi connectivity index (χ4v) is 8.95. The highest BCUT2D eigenvalue weighted by atomic mass is 14.9. The van der Waals surface area contributed by atoms with Crippen molar-refractivity contribution in [3.8, 4) is 78.4 Å². The Balaban J connectivity index is 0.988. The van der Waals surface area contributed by atoms with E-state index in [0.29, 0.717) is 5.82 Å². The lowest BCUT2D eigenvalue weighted by atomic mass is 9.70. The molecule has 2 aliphatic carbocycles. The zero-order chi connectivity index (χ0) is 36.3. The molecule has 0 unspecified atom stereocenters. The molecule has 3 heteroatoms. The van der Waals surface area contributed by atoms with Gasteiger partial charge in [-0.05, 0) is 91.0 Å². The summed E-state index contributed by atoms with van der Waals surface area (Å²) < 4.78 is 0. The van der Waals surface area contributed by atoms with Crippen LogP contribution >= 0.6 is 0 Å². The van der Waals surface area contributed by atoms with Crippen LogP contribution in [0.3, 0.4) is 0 Å². The van der Waals surface area contributed by atoms with Crippen LogP contribution in [0.25, 0.3) is 78.4 Å². The number of benzene rings is 7. The zero-order valence-corrected chi connectivity index (χ0v) is 29.9. The van der Waals surface area contributed by atoms with Gasteiger partial charge in [-0.1, -0.05) is 164 Å². The maximum absolute atomic E-state index is 5.10. The molecule has 2 aromatic heterocycles. The fourth-order valence-electron chi connectivity index (χ4n) is 8.95. The van der Waals surface area contributed by atoms with Gasteiger partial charge in [-0.3, -0.25) is 4.98 Å². The summed E-state index contributed by atoms with van der Waals surface area (Å²) in [5.74, 6) is 0.705. The second-order valence-electron chi connectivity index (χ2n) is 14.4. The molecule has 0 amide bonds. The van der Waals surface area contributed by atoms with E-state index < -0.39 is 0 Å². The van der Waals surface area contributed by atoms with Crippen molar-refractivity contribution in [1.29, 1.82) is 0 Å². The summed E-state index contributed by atoms with van der Waals surface area (Å²) in [5, 5.41) is 0. The van der Waals surface area contributed by atoms with Crippen molar-refractivity contribution < 1.29 is 0 Å². The van der Waals surface area contributed by atoms with E-state index in [2.05, 4.69) is 163 Å². The highest BCUT2D eigenvalue weighted by Gasteiger charge is 2.51. The first-order chi connectivity index (χ1) is 27.3. The molecule has 55 heavy (non-hydrogen) atoms. The van der Waals surface area contributed by atoms with Gasteiger partial charge in [0.2, 0.25) is 0 Å². The van der Waals surface area contributed by atoms with Gasteiger partial charge in [0.25, 0.3) is 0 Å². The summed E-state index contributed by atoms with van der Waals surface area (Å²) in [4.78, 5) is 14.3. The molecule has 0 fully saturated rings. The van der Waals surface area contributed by atoms with Crippen molar-refractivity contribution in [1.82, 2.24) is 15.0 Å². The molecular formula is C52H33N3. The maximum atomic E-state index is 5.10. The van der Waals surface area contributed by atoms with Crippen LogP contribution < -0.4 is 0 Å². The molecule has 3 nitrogen and oxygen atoms in total. The van der Waals surface area contributed by atoms with E-state index in [1.54, 1.807) is 0 Å². The van der Waals surface area contributed by atoms with Crippen LogP contribution in [-0.4, -0.2) is 15.0 Å². The van der Waals surface area contributed by atoms with E-state index in [0.717, 1.165) is 39.2 Å². The molecule has 0 saturated heterocycles. The Morgan fingerprint density at radius 2 is 0.709 bits per heavy atom. The van der Waals surface area contributed by atoms with Crippen LogP contribution in [-0.2, 0) is 5.41 Å². The summed E-state index contributed by atoms with van der Waals surface area (Å²) in [7, 11) is 0. The van der Waals surface area contributed by atoms with E-state index in [4.69, 9.17) is 9.97 Å². The second kappa shape index (κ2) is 12.4. The summed E-state index contributed by atoms with van der Waals surface area (Å²) >= 11 is 0. The monoisotopic (exact) mass is 699 g/mol. The highest BCUT2D eigenvalue weighted by Crippen LogP contribution is 2.62. The molecule has 2 aliphatic rings. The second-order valence-corrected chi connectivity index (χ2v) is 14.4. The maximum Gasteiger partial charge on any atom is 0.160 e. The van der Waals surface area contributed by atoms with Gasteiger partial charge in [0.1, 0.15) is 0 Å². The number of hydrogen-bond donors (Lipinski definition) is 0. The molecule has 0 radical (unpaired) electrons. The largest absolute Gasteiger partial charge is 0.265 e. The van der Waals surface area contributed by atoms with E-state index in [1.807, 2.05) is 42.7 Å². The predicted molar refractivity (Wildman–Crippen MR) is 223 cm³/mol. The Hall–Kier alpha value is -7.23. The number of hydrogen-bond acceptors (Lipinski definition) is 3. The van der Waals surface area contributed by atoms with Crippen LogP contribution in [0, 0.1) is 0 Å². The van der Waals surface area contributed by atoms with Gasteiger partial charge >= 0.3 is 0 Å². The first-order valence-corrected chi connectivity index (χ1v) is 18.8. The molecular weight excluding hydrogens is 667 g/mol. The van der Waals surface area contributed by atoms with Crippen molar-refractivity contribution in [2.45, 2.75) is 5.41 Å². The third-order valence-corrected chi connectivity index (χ3v) is 11.5. The van der Waals surface area contributed by atoms with Gasteiger partial charge in [-0.25, -0.2) is 9.97 Å². The van der Waals surface area contributed by atoms with Crippen LogP contribution in [0.15, 0.2) is 200 Å².